The Morgan fingerprint density at radius 3 is 2.52 bits per heavy atom. The normalized spacial score (nSPS) is 15.5. The average molecular weight is 396 g/mol. The summed E-state index contributed by atoms with van der Waals surface area (Å²) in [5, 5.41) is 5.86. The summed E-state index contributed by atoms with van der Waals surface area (Å²) in [4.78, 5) is 26.7. The van der Waals surface area contributed by atoms with Crippen molar-refractivity contribution in [3.8, 4) is 0 Å². The number of rotatable bonds is 7. The molecule has 1 fully saturated rings. The highest BCUT2D eigenvalue weighted by Crippen LogP contribution is 2.22. The Morgan fingerprint density at radius 2 is 1.83 bits per heavy atom. The van der Waals surface area contributed by atoms with E-state index in [1.54, 1.807) is 31.2 Å². The van der Waals surface area contributed by atoms with Crippen molar-refractivity contribution in [1.29, 1.82) is 0 Å². The molecule has 29 heavy (non-hydrogen) atoms. The largest absolute Gasteiger partial charge is 0.379 e. The molecule has 0 aromatic heterocycles. The molecule has 1 atom stereocenters. The standard InChI is InChI=1S/C23H29N3O3/c1-3-22(27)25-20-6-4-5-19(15-20)23(28)24-16-21(26-11-13-29-14-12-26)18-9-7-17(2)8-10-18/h4-10,15,21H,3,11-14,16H2,1-2H3,(H,24,28)(H,25,27). The SMILES string of the molecule is CCC(=O)Nc1cccc(C(=O)NCC(c2ccc(C)cc2)N2CCOCC2)c1. The molecule has 0 bridgehead atoms. The second-order valence-electron chi connectivity index (χ2n) is 7.27. The zero-order valence-electron chi connectivity index (χ0n) is 17.1. The molecule has 0 radical (unpaired) electrons. The number of morpholine rings is 1. The lowest BCUT2D eigenvalue weighted by Gasteiger charge is -2.35. The number of hydrogen-bond acceptors (Lipinski definition) is 4. The van der Waals surface area contributed by atoms with Crippen molar-refractivity contribution in [3.63, 3.8) is 0 Å². The van der Waals surface area contributed by atoms with E-state index in [0.717, 1.165) is 13.1 Å². The van der Waals surface area contributed by atoms with Crippen molar-refractivity contribution in [3.05, 3.63) is 65.2 Å². The minimum atomic E-state index is -0.150. The van der Waals surface area contributed by atoms with E-state index in [-0.39, 0.29) is 17.9 Å². The Labute approximate surface area is 172 Å². The molecule has 6 nitrogen and oxygen atoms in total. The Kier molecular flexibility index (Phi) is 7.38. The highest BCUT2D eigenvalue weighted by Gasteiger charge is 2.23. The summed E-state index contributed by atoms with van der Waals surface area (Å²) in [6.45, 7) is 7.46. The highest BCUT2D eigenvalue weighted by atomic mass is 16.5. The van der Waals surface area contributed by atoms with Gasteiger partial charge in [0, 0.05) is 37.3 Å². The van der Waals surface area contributed by atoms with Crippen LogP contribution in [0.3, 0.4) is 0 Å². The zero-order valence-corrected chi connectivity index (χ0v) is 17.1. The summed E-state index contributed by atoms with van der Waals surface area (Å²) in [7, 11) is 0. The van der Waals surface area contributed by atoms with Crippen LogP contribution < -0.4 is 10.6 Å². The van der Waals surface area contributed by atoms with Gasteiger partial charge in [-0.2, -0.15) is 0 Å². The smallest absolute Gasteiger partial charge is 0.251 e. The van der Waals surface area contributed by atoms with Crippen LogP contribution in [-0.2, 0) is 9.53 Å². The molecule has 0 spiro atoms. The van der Waals surface area contributed by atoms with Crippen LogP contribution in [0.1, 0.15) is 40.9 Å². The minimum absolute atomic E-state index is 0.0747. The summed E-state index contributed by atoms with van der Waals surface area (Å²) in [6, 6.07) is 15.6. The van der Waals surface area contributed by atoms with Crippen molar-refractivity contribution in [2.75, 3.05) is 38.2 Å². The first-order chi connectivity index (χ1) is 14.1. The van der Waals surface area contributed by atoms with Gasteiger partial charge in [0.15, 0.2) is 0 Å². The molecule has 3 rings (SSSR count). The topological polar surface area (TPSA) is 70.7 Å². The lowest BCUT2D eigenvalue weighted by molar-refractivity contribution is -0.115. The fourth-order valence-corrected chi connectivity index (χ4v) is 3.41. The third-order valence-corrected chi connectivity index (χ3v) is 5.13. The first kappa shape index (κ1) is 21.0. The molecule has 1 aliphatic heterocycles. The van der Waals surface area contributed by atoms with Crippen LogP contribution >= 0.6 is 0 Å². The van der Waals surface area contributed by atoms with Gasteiger partial charge in [-0.15, -0.1) is 0 Å². The molecule has 2 aromatic carbocycles. The zero-order chi connectivity index (χ0) is 20.6. The van der Waals surface area contributed by atoms with E-state index in [2.05, 4.69) is 46.7 Å². The van der Waals surface area contributed by atoms with Gasteiger partial charge in [-0.05, 0) is 30.7 Å². The Balaban J connectivity index is 1.70. The van der Waals surface area contributed by atoms with Crippen molar-refractivity contribution in [2.45, 2.75) is 26.3 Å². The number of ether oxygens (including phenoxy) is 1. The third kappa shape index (κ3) is 5.89. The Bertz CT molecular complexity index is 830. The molecule has 1 aliphatic rings. The number of carbonyl (C=O) groups is 2. The van der Waals surface area contributed by atoms with Gasteiger partial charge < -0.3 is 15.4 Å². The van der Waals surface area contributed by atoms with Crippen molar-refractivity contribution < 1.29 is 14.3 Å². The van der Waals surface area contributed by atoms with E-state index in [1.807, 2.05) is 0 Å². The first-order valence-electron chi connectivity index (χ1n) is 10.1. The summed E-state index contributed by atoms with van der Waals surface area (Å²) in [5.41, 5.74) is 3.56. The minimum Gasteiger partial charge on any atom is -0.379 e. The molecule has 2 aromatic rings. The van der Waals surface area contributed by atoms with Gasteiger partial charge in [-0.25, -0.2) is 0 Å². The molecule has 1 unspecified atom stereocenters. The molecular formula is C23H29N3O3. The number of amides is 2. The second kappa shape index (κ2) is 10.2. The maximum atomic E-state index is 12.8. The lowest BCUT2D eigenvalue weighted by atomic mass is 10.0. The lowest BCUT2D eigenvalue weighted by Crippen LogP contribution is -2.43. The second-order valence-corrected chi connectivity index (χ2v) is 7.27. The summed E-state index contributed by atoms with van der Waals surface area (Å²) in [6.07, 6.45) is 0.397. The molecule has 1 saturated heterocycles. The highest BCUT2D eigenvalue weighted by molar-refractivity contribution is 5.97. The predicted octanol–water partition coefficient (Wildman–Crippen LogP) is 3.15. The van der Waals surface area contributed by atoms with E-state index in [1.165, 1.54) is 11.1 Å². The fourth-order valence-electron chi connectivity index (χ4n) is 3.41. The van der Waals surface area contributed by atoms with Crippen LogP contribution in [0.4, 0.5) is 5.69 Å². The molecular weight excluding hydrogens is 366 g/mol. The number of benzene rings is 2. The maximum Gasteiger partial charge on any atom is 0.251 e. The molecule has 0 saturated carbocycles. The summed E-state index contributed by atoms with van der Waals surface area (Å²) >= 11 is 0. The quantitative estimate of drug-likeness (QED) is 0.756. The number of nitrogens with one attached hydrogen (secondary N) is 2. The molecule has 2 N–H and O–H groups in total. The molecule has 6 heteroatoms. The van der Waals surface area contributed by atoms with E-state index in [9.17, 15) is 9.59 Å². The molecule has 154 valence electrons. The van der Waals surface area contributed by atoms with Crippen LogP contribution in [0.2, 0.25) is 0 Å². The number of aryl methyl sites for hydroxylation is 1. The monoisotopic (exact) mass is 395 g/mol. The van der Waals surface area contributed by atoms with Crippen LogP contribution in [0.25, 0.3) is 0 Å². The predicted molar refractivity (Wildman–Crippen MR) is 114 cm³/mol. The van der Waals surface area contributed by atoms with Crippen LogP contribution in [0.15, 0.2) is 48.5 Å². The van der Waals surface area contributed by atoms with Gasteiger partial charge in [-0.3, -0.25) is 14.5 Å². The van der Waals surface area contributed by atoms with Crippen molar-refractivity contribution in [1.82, 2.24) is 10.2 Å². The van der Waals surface area contributed by atoms with Crippen LogP contribution in [-0.4, -0.2) is 49.6 Å². The van der Waals surface area contributed by atoms with Gasteiger partial charge in [0.25, 0.3) is 5.91 Å². The maximum absolute atomic E-state index is 12.8. The summed E-state index contributed by atoms with van der Waals surface area (Å²) < 4.78 is 5.49. The van der Waals surface area contributed by atoms with E-state index >= 15 is 0 Å². The van der Waals surface area contributed by atoms with E-state index < -0.39 is 0 Å². The van der Waals surface area contributed by atoms with Gasteiger partial charge in [-0.1, -0.05) is 42.8 Å². The van der Waals surface area contributed by atoms with Crippen molar-refractivity contribution >= 4 is 17.5 Å². The Morgan fingerprint density at radius 1 is 1.10 bits per heavy atom. The van der Waals surface area contributed by atoms with Crippen LogP contribution in [0, 0.1) is 6.92 Å². The van der Waals surface area contributed by atoms with Gasteiger partial charge in [0.2, 0.25) is 5.91 Å². The average Bonchev–Trinajstić information content (AvgIpc) is 2.75. The molecule has 2 amide bonds. The van der Waals surface area contributed by atoms with E-state index in [4.69, 9.17) is 4.74 Å². The third-order valence-electron chi connectivity index (χ3n) is 5.13. The van der Waals surface area contributed by atoms with Crippen molar-refractivity contribution in [2.24, 2.45) is 0 Å². The molecule has 0 aliphatic carbocycles. The number of carbonyl (C=O) groups excluding carboxylic acids is 2. The fraction of sp³-hybridized carbons (Fsp3) is 0.391. The Hall–Kier alpha value is -2.70. The van der Waals surface area contributed by atoms with E-state index in [0.29, 0.717) is 37.4 Å². The van der Waals surface area contributed by atoms with Crippen LogP contribution in [0.5, 0.6) is 0 Å². The van der Waals surface area contributed by atoms with Gasteiger partial charge in [0.05, 0.1) is 19.3 Å². The molecule has 1 heterocycles. The number of hydrogen-bond donors (Lipinski definition) is 2. The van der Waals surface area contributed by atoms with Gasteiger partial charge >= 0.3 is 0 Å². The number of nitrogens with zero attached hydrogens (tertiary/aromatic N) is 1. The first-order valence-corrected chi connectivity index (χ1v) is 10.1. The summed E-state index contributed by atoms with van der Waals surface area (Å²) in [5.74, 6) is -0.225. The number of anilines is 1. The van der Waals surface area contributed by atoms with Gasteiger partial charge in [0.1, 0.15) is 0 Å².